The number of hydrogen-bond acceptors (Lipinski definition) is 3. The Hall–Kier alpha value is -1.59. The Labute approximate surface area is 136 Å². The van der Waals surface area contributed by atoms with E-state index in [-0.39, 0.29) is 30.3 Å². The molecule has 1 fully saturated rings. The second-order valence-electron chi connectivity index (χ2n) is 5.83. The minimum absolute atomic E-state index is 0. The monoisotopic (exact) mass is 323 g/mol. The van der Waals surface area contributed by atoms with Crippen molar-refractivity contribution in [3.63, 3.8) is 0 Å². The second-order valence-corrected chi connectivity index (χ2v) is 5.83. The lowest BCUT2D eigenvalue weighted by Gasteiger charge is -2.27. The quantitative estimate of drug-likeness (QED) is 0.722. The van der Waals surface area contributed by atoms with Gasteiger partial charge in [0.15, 0.2) is 0 Å². The fourth-order valence-corrected chi connectivity index (χ4v) is 3.06. The van der Waals surface area contributed by atoms with E-state index in [1.807, 2.05) is 12.1 Å². The smallest absolute Gasteiger partial charge is 0.235 e. The Balaban J connectivity index is 0.00000176. The van der Waals surface area contributed by atoms with Crippen molar-refractivity contribution in [1.29, 1.82) is 0 Å². The zero-order chi connectivity index (χ0) is 14.9. The number of benzene rings is 1. The number of fused-ring (bicyclic) bond motifs is 1. The van der Waals surface area contributed by atoms with Gasteiger partial charge in [0.1, 0.15) is 5.41 Å². The molecule has 1 saturated carbocycles. The number of carbonyl (C=O) groups is 2. The molecule has 22 heavy (non-hydrogen) atoms. The summed E-state index contributed by atoms with van der Waals surface area (Å²) < 4.78 is 0. The van der Waals surface area contributed by atoms with E-state index in [1.54, 1.807) is 7.05 Å². The van der Waals surface area contributed by atoms with Gasteiger partial charge >= 0.3 is 0 Å². The maximum Gasteiger partial charge on any atom is 0.235 e. The molecule has 120 valence electrons. The molecule has 1 heterocycles. The van der Waals surface area contributed by atoms with E-state index in [2.05, 4.69) is 28.1 Å². The van der Waals surface area contributed by atoms with Gasteiger partial charge in [0, 0.05) is 19.6 Å². The molecule has 3 N–H and O–H groups in total. The number of halogens is 1. The van der Waals surface area contributed by atoms with Gasteiger partial charge in [0.05, 0.1) is 0 Å². The molecule has 1 unspecified atom stereocenters. The van der Waals surface area contributed by atoms with Gasteiger partial charge < -0.3 is 16.0 Å². The maximum absolute atomic E-state index is 12.3. The van der Waals surface area contributed by atoms with Crippen LogP contribution in [0.2, 0.25) is 0 Å². The van der Waals surface area contributed by atoms with Gasteiger partial charge in [-0.05, 0) is 36.9 Å². The maximum atomic E-state index is 12.3. The number of amides is 2. The number of nitrogens with one attached hydrogen (secondary N) is 3. The molecule has 2 amide bonds. The van der Waals surface area contributed by atoms with Crippen LogP contribution >= 0.6 is 12.4 Å². The minimum Gasteiger partial charge on any atom is -0.358 e. The first kappa shape index (κ1) is 16.8. The Morgan fingerprint density at radius 1 is 1.27 bits per heavy atom. The summed E-state index contributed by atoms with van der Waals surface area (Å²) in [6.07, 6.45) is 2.31. The molecule has 2 aliphatic rings. The van der Waals surface area contributed by atoms with Crippen LogP contribution in [0.5, 0.6) is 0 Å². The average Bonchev–Trinajstić information content (AvgIpc) is 3.33. The summed E-state index contributed by atoms with van der Waals surface area (Å²) in [7, 11) is 1.58. The molecule has 5 nitrogen and oxygen atoms in total. The lowest BCUT2D eigenvalue weighted by molar-refractivity contribution is -0.136. The second kappa shape index (κ2) is 6.67. The number of carbonyl (C=O) groups excluding carboxylic acids is 2. The third-order valence-electron chi connectivity index (χ3n) is 4.53. The molecule has 1 aromatic carbocycles. The fourth-order valence-electron chi connectivity index (χ4n) is 3.06. The summed E-state index contributed by atoms with van der Waals surface area (Å²) in [4.78, 5) is 24.1. The van der Waals surface area contributed by atoms with Crippen LogP contribution in [0.1, 0.15) is 30.0 Å². The molecular formula is C16H22ClN3O2. The Morgan fingerprint density at radius 2 is 2.00 bits per heavy atom. The molecule has 3 rings (SSSR count). The average molecular weight is 324 g/mol. The highest BCUT2D eigenvalue weighted by Crippen LogP contribution is 2.46. The molecule has 1 aliphatic carbocycles. The lowest BCUT2D eigenvalue weighted by atomic mass is 9.94. The highest BCUT2D eigenvalue weighted by atomic mass is 35.5. The normalized spacial score (nSPS) is 21.0. The van der Waals surface area contributed by atoms with Crippen LogP contribution in [0.25, 0.3) is 0 Å². The first-order chi connectivity index (χ1) is 10.2. The van der Waals surface area contributed by atoms with Crippen molar-refractivity contribution < 1.29 is 9.59 Å². The van der Waals surface area contributed by atoms with Crippen molar-refractivity contribution in [2.45, 2.75) is 25.3 Å². The zero-order valence-corrected chi connectivity index (χ0v) is 13.5. The predicted octanol–water partition coefficient (Wildman–Crippen LogP) is 0.938. The number of rotatable bonds is 4. The third kappa shape index (κ3) is 2.96. The van der Waals surface area contributed by atoms with Gasteiger partial charge in [-0.3, -0.25) is 9.59 Å². The third-order valence-corrected chi connectivity index (χ3v) is 4.53. The largest absolute Gasteiger partial charge is 0.358 e. The molecule has 0 bridgehead atoms. The first-order valence-electron chi connectivity index (χ1n) is 7.49. The van der Waals surface area contributed by atoms with Gasteiger partial charge in [-0.15, -0.1) is 12.4 Å². The molecule has 0 aromatic heterocycles. The van der Waals surface area contributed by atoms with Gasteiger partial charge in [0.2, 0.25) is 11.8 Å². The molecule has 1 atom stereocenters. The van der Waals surface area contributed by atoms with E-state index in [0.717, 1.165) is 13.0 Å². The van der Waals surface area contributed by atoms with E-state index < -0.39 is 5.41 Å². The minimum atomic E-state index is -0.817. The van der Waals surface area contributed by atoms with Crippen LogP contribution < -0.4 is 16.0 Å². The summed E-state index contributed by atoms with van der Waals surface area (Å²) in [5.74, 6) is -0.316. The van der Waals surface area contributed by atoms with E-state index >= 15 is 0 Å². The first-order valence-corrected chi connectivity index (χ1v) is 7.49. The van der Waals surface area contributed by atoms with Crippen molar-refractivity contribution in [3.8, 4) is 0 Å². The Bertz CT molecular complexity index is 572. The summed E-state index contributed by atoms with van der Waals surface area (Å²) in [5, 5.41) is 8.97. The van der Waals surface area contributed by atoms with Gasteiger partial charge in [-0.25, -0.2) is 0 Å². The lowest BCUT2D eigenvalue weighted by Crippen LogP contribution is -2.45. The van der Waals surface area contributed by atoms with Crippen LogP contribution in [0, 0.1) is 5.41 Å². The predicted molar refractivity (Wildman–Crippen MR) is 86.9 cm³/mol. The van der Waals surface area contributed by atoms with Crippen LogP contribution in [0.4, 0.5) is 0 Å². The summed E-state index contributed by atoms with van der Waals surface area (Å²) in [6.45, 7) is 1.44. The van der Waals surface area contributed by atoms with Crippen molar-refractivity contribution in [2.24, 2.45) is 5.41 Å². The van der Waals surface area contributed by atoms with E-state index in [9.17, 15) is 9.59 Å². The Kier molecular flexibility index (Phi) is 5.08. The number of hydrogen-bond donors (Lipinski definition) is 3. The van der Waals surface area contributed by atoms with Crippen molar-refractivity contribution in [2.75, 3.05) is 20.1 Å². The van der Waals surface area contributed by atoms with Crippen molar-refractivity contribution in [3.05, 3.63) is 35.4 Å². The summed E-state index contributed by atoms with van der Waals surface area (Å²) in [6, 6.07) is 8.43. The van der Waals surface area contributed by atoms with Crippen LogP contribution in [-0.2, 0) is 16.0 Å². The topological polar surface area (TPSA) is 70.2 Å². The molecule has 6 heteroatoms. The van der Waals surface area contributed by atoms with Crippen LogP contribution in [0.3, 0.4) is 0 Å². The molecule has 0 spiro atoms. The van der Waals surface area contributed by atoms with E-state index in [0.29, 0.717) is 19.4 Å². The standard InChI is InChI=1S/C16H21N3O2.ClH/c1-17-14(20)16(7-8-16)15(21)19-10-13-12-5-3-2-4-11(12)6-9-18-13;/h2-5,13,18H,6-10H2,1H3,(H,17,20)(H,19,21);1H. The Morgan fingerprint density at radius 3 is 2.68 bits per heavy atom. The van der Waals surface area contributed by atoms with E-state index in [4.69, 9.17) is 0 Å². The molecule has 1 aliphatic heterocycles. The molecular weight excluding hydrogens is 302 g/mol. The molecule has 0 saturated heterocycles. The van der Waals surface area contributed by atoms with E-state index in [1.165, 1.54) is 11.1 Å². The van der Waals surface area contributed by atoms with Crippen molar-refractivity contribution in [1.82, 2.24) is 16.0 Å². The van der Waals surface area contributed by atoms with Gasteiger partial charge in [0.25, 0.3) is 0 Å². The van der Waals surface area contributed by atoms with Gasteiger partial charge in [-0.2, -0.15) is 0 Å². The zero-order valence-electron chi connectivity index (χ0n) is 12.6. The molecule has 0 radical (unpaired) electrons. The highest BCUT2D eigenvalue weighted by molar-refractivity contribution is 6.07. The summed E-state index contributed by atoms with van der Waals surface area (Å²) >= 11 is 0. The SMILES string of the molecule is CNC(=O)C1(C(=O)NCC2NCCc3ccccc32)CC1.Cl. The van der Waals surface area contributed by atoms with Crippen LogP contribution in [-0.4, -0.2) is 32.0 Å². The van der Waals surface area contributed by atoms with Crippen LogP contribution in [0.15, 0.2) is 24.3 Å². The molecule has 1 aromatic rings. The van der Waals surface area contributed by atoms with Crippen molar-refractivity contribution >= 4 is 24.2 Å². The summed E-state index contributed by atoms with van der Waals surface area (Å²) in [5.41, 5.74) is 1.76. The fraction of sp³-hybridized carbons (Fsp3) is 0.500. The van der Waals surface area contributed by atoms with Gasteiger partial charge in [-0.1, -0.05) is 24.3 Å². The highest BCUT2D eigenvalue weighted by Gasteiger charge is 2.56.